The van der Waals surface area contributed by atoms with Gasteiger partial charge in [-0.3, -0.25) is 9.69 Å². The van der Waals surface area contributed by atoms with Crippen LogP contribution in [0.5, 0.6) is 5.75 Å². The van der Waals surface area contributed by atoms with Crippen molar-refractivity contribution in [2.45, 2.75) is 0 Å². The van der Waals surface area contributed by atoms with Crippen LogP contribution in [-0.4, -0.2) is 56.7 Å². The van der Waals surface area contributed by atoms with E-state index in [0.717, 1.165) is 43.9 Å². The molecule has 2 aromatic carbocycles. The van der Waals surface area contributed by atoms with Crippen LogP contribution in [0, 0.1) is 0 Å². The van der Waals surface area contributed by atoms with E-state index in [4.69, 9.17) is 16.3 Å². The second kappa shape index (κ2) is 11.1. The van der Waals surface area contributed by atoms with Gasteiger partial charge in [0.05, 0.1) is 5.02 Å². The molecule has 1 aliphatic heterocycles. The van der Waals surface area contributed by atoms with E-state index < -0.39 is 0 Å². The number of nitrogens with zero attached hydrogens (tertiary/aromatic N) is 1. The quantitative estimate of drug-likeness (QED) is 0.737. The lowest BCUT2D eigenvalue weighted by Crippen LogP contribution is -2.46. The van der Waals surface area contributed by atoms with Gasteiger partial charge in [-0.2, -0.15) is 0 Å². The summed E-state index contributed by atoms with van der Waals surface area (Å²) < 4.78 is 5.56. The van der Waals surface area contributed by atoms with Gasteiger partial charge < -0.3 is 15.4 Å². The summed E-state index contributed by atoms with van der Waals surface area (Å²) in [6.07, 6.45) is 0. The van der Waals surface area contributed by atoms with Gasteiger partial charge in [0.15, 0.2) is 6.61 Å². The van der Waals surface area contributed by atoms with Crippen molar-refractivity contribution in [2.75, 3.05) is 45.9 Å². The van der Waals surface area contributed by atoms with E-state index in [1.807, 2.05) is 42.5 Å². The molecule has 0 spiro atoms. The highest BCUT2D eigenvalue weighted by Crippen LogP contribution is 2.30. The molecule has 5 nitrogen and oxygen atoms in total. The van der Waals surface area contributed by atoms with Crippen LogP contribution >= 0.6 is 24.0 Å². The van der Waals surface area contributed by atoms with Gasteiger partial charge in [-0.25, -0.2) is 0 Å². The molecule has 146 valence electrons. The van der Waals surface area contributed by atoms with E-state index in [0.29, 0.717) is 17.3 Å². The highest BCUT2D eigenvalue weighted by Gasteiger charge is 2.10. The van der Waals surface area contributed by atoms with Crippen molar-refractivity contribution in [1.29, 1.82) is 0 Å². The maximum Gasteiger partial charge on any atom is 0.257 e. The Morgan fingerprint density at radius 2 is 1.85 bits per heavy atom. The van der Waals surface area contributed by atoms with Gasteiger partial charge >= 0.3 is 0 Å². The molecule has 1 amide bonds. The number of rotatable bonds is 7. The third-order valence-electron chi connectivity index (χ3n) is 4.36. The number of nitrogens with one attached hydrogen (secondary N) is 2. The number of carbonyl (C=O) groups excluding carboxylic acids is 1. The van der Waals surface area contributed by atoms with Gasteiger partial charge in [0.2, 0.25) is 0 Å². The van der Waals surface area contributed by atoms with Gasteiger partial charge in [0.25, 0.3) is 5.91 Å². The first-order chi connectivity index (χ1) is 12.7. The summed E-state index contributed by atoms with van der Waals surface area (Å²) in [5.41, 5.74) is 2.11. The number of amides is 1. The molecule has 1 aliphatic rings. The van der Waals surface area contributed by atoms with Gasteiger partial charge in [0.1, 0.15) is 5.75 Å². The number of hydrogen-bond acceptors (Lipinski definition) is 4. The van der Waals surface area contributed by atoms with Crippen LogP contribution in [0.3, 0.4) is 0 Å². The topological polar surface area (TPSA) is 53.6 Å². The molecule has 7 heteroatoms. The fourth-order valence-electron chi connectivity index (χ4n) is 2.91. The number of benzene rings is 2. The van der Waals surface area contributed by atoms with Crippen LogP contribution in [-0.2, 0) is 4.79 Å². The fourth-order valence-corrected chi connectivity index (χ4v) is 3.15. The average molecular weight is 410 g/mol. The first-order valence-electron chi connectivity index (χ1n) is 8.90. The Labute approximate surface area is 171 Å². The Morgan fingerprint density at radius 1 is 1.11 bits per heavy atom. The van der Waals surface area contributed by atoms with Crippen LogP contribution in [0.2, 0.25) is 5.02 Å². The van der Waals surface area contributed by atoms with Gasteiger partial charge in [-0.05, 0) is 23.3 Å². The zero-order valence-corrected chi connectivity index (χ0v) is 16.7. The molecule has 2 aromatic rings. The third kappa shape index (κ3) is 6.70. The zero-order valence-electron chi connectivity index (χ0n) is 15.1. The lowest BCUT2D eigenvalue weighted by molar-refractivity contribution is -0.123. The molecular formula is C20H25Cl2N3O2. The molecule has 0 aromatic heterocycles. The molecule has 0 bridgehead atoms. The van der Waals surface area contributed by atoms with Crippen LogP contribution in [0.25, 0.3) is 11.1 Å². The summed E-state index contributed by atoms with van der Waals surface area (Å²) in [5.74, 6) is 0.381. The highest BCUT2D eigenvalue weighted by atomic mass is 35.5. The van der Waals surface area contributed by atoms with Crippen molar-refractivity contribution in [1.82, 2.24) is 15.5 Å². The SMILES string of the molecule is Cl.O=C(COc1ccc(-c2ccccc2)cc1Cl)NCCN1CCNCC1. The molecule has 0 atom stereocenters. The summed E-state index contributed by atoms with van der Waals surface area (Å²) in [5, 5.41) is 6.70. The first kappa shape index (κ1) is 21.5. The molecular weight excluding hydrogens is 385 g/mol. The van der Waals surface area contributed by atoms with E-state index in [2.05, 4.69) is 15.5 Å². The molecule has 1 heterocycles. The van der Waals surface area contributed by atoms with Crippen molar-refractivity contribution < 1.29 is 9.53 Å². The molecule has 1 fully saturated rings. The number of ether oxygens (including phenoxy) is 1. The average Bonchev–Trinajstić information content (AvgIpc) is 2.68. The summed E-state index contributed by atoms with van der Waals surface area (Å²) in [4.78, 5) is 14.3. The van der Waals surface area contributed by atoms with Crippen molar-refractivity contribution in [2.24, 2.45) is 0 Å². The van der Waals surface area contributed by atoms with E-state index >= 15 is 0 Å². The monoisotopic (exact) mass is 409 g/mol. The summed E-state index contributed by atoms with van der Waals surface area (Å²) in [6.45, 7) is 5.52. The predicted octanol–water partition coefficient (Wildman–Crippen LogP) is 2.83. The Balaban J connectivity index is 0.00000261. The lowest BCUT2D eigenvalue weighted by atomic mass is 10.1. The summed E-state index contributed by atoms with van der Waals surface area (Å²) >= 11 is 6.30. The van der Waals surface area contributed by atoms with Crippen LogP contribution in [0.15, 0.2) is 48.5 Å². The second-order valence-corrected chi connectivity index (χ2v) is 6.65. The molecule has 0 saturated carbocycles. The number of halogens is 2. The Morgan fingerprint density at radius 3 is 2.56 bits per heavy atom. The smallest absolute Gasteiger partial charge is 0.257 e. The molecule has 0 unspecified atom stereocenters. The van der Waals surface area contributed by atoms with Crippen molar-refractivity contribution in [3.8, 4) is 16.9 Å². The Kier molecular flexibility index (Phi) is 8.88. The second-order valence-electron chi connectivity index (χ2n) is 6.24. The van der Waals surface area contributed by atoms with E-state index in [-0.39, 0.29) is 24.9 Å². The van der Waals surface area contributed by atoms with Crippen molar-refractivity contribution in [3.05, 3.63) is 53.6 Å². The minimum atomic E-state index is -0.136. The molecule has 3 rings (SSSR count). The van der Waals surface area contributed by atoms with E-state index in [9.17, 15) is 4.79 Å². The largest absolute Gasteiger partial charge is 0.482 e. The molecule has 27 heavy (non-hydrogen) atoms. The first-order valence-corrected chi connectivity index (χ1v) is 9.28. The van der Waals surface area contributed by atoms with Crippen LogP contribution in [0.4, 0.5) is 0 Å². The van der Waals surface area contributed by atoms with Gasteiger partial charge in [-0.1, -0.05) is 48.0 Å². The van der Waals surface area contributed by atoms with Gasteiger partial charge in [-0.15, -0.1) is 12.4 Å². The molecule has 0 aliphatic carbocycles. The summed E-state index contributed by atoms with van der Waals surface area (Å²) in [6, 6.07) is 15.6. The maximum absolute atomic E-state index is 11.9. The maximum atomic E-state index is 11.9. The minimum Gasteiger partial charge on any atom is -0.482 e. The van der Waals surface area contributed by atoms with Crippen molar-refractivity contribution >= 4 is 29.9 Å². The number of piperazine rings is 1. The van der Waals surface area contributed by atoms with Crippen LogP contribution in [0.1, 0.15) is 0 Å². The summed E-state index contributed by atoms with van der Waals surface area (Å²) in [7, 11) is 0. The molecule has 1 saturated heterocycles. The van der Waals surface area contributed by atoms with E-state index in [1.54, 1.807) is 6.07 Å². The highest BCUT2D eigenvalue weighted by molar-refractivity contribution is 6.32. The molecule has 0 radical (unpaired) electrons. The standard InChI is InChI=1S/C20H24ClN3O2.ClH/c21-18-14-17(16-4-2-1-3-5-16)6-7-19(18)26-15-20(25)23-10-13-24-11-8-22-9-12-24;/h1-7,14,22H,8-13,15H2,(H,23,25);1H. The molecule has 2 N–H and O–H groups in total. The van der Waals surface area contributed by atoms with Crippen molar-refractivity contribution in [3.63, 3.8) is 0 Å². The number of hydrogen-bond donors (Lipinski definition) is 2. The fraction of sp³-hybridized carbons (Fsp3) is 0.350. The third-order valence-corrected chi connectivity index (χ3v) is 4.65. The number of carbonyl (C=O) groups is 1. The predicted molar refractivity (Wildman–Crippen MR) is 112 cm³/mol. The zero-order chi connectivity index (χ0) is 18.2. The normalized spacial score (nSPS) is 14.3. The van der Waals surface area contributed by atoms with E-state index in [1.165, 1.54) is 0 Å². The Hall–Kier alpha value is -1.79. The van der Waals surface area contributed by atoms with Crippen LogP contribution < -0.4 is 15.4 Å². The minimum absolute atomic E-state index is 0. The lowest BCUT2D eigenvalue weighted by Gasteiger charge is -2.27. The van der Waals surface area contributed by atoms with Gasteiger partial charge in [0, 0.05) is 39.3 Å². The Bertz CT molecular complexity index is 722.